The van der Waals surface area contributed by atoms with Crippen LogP contribution < -0.4 is 9.64 Å². The van der Waals surface area contributed by atoms with Crippen molar-refractivity contribution in [3.63, 3.8) is 0 Å². The molecule has 2 aromatic carbocycles. The van der Waals surface area contributed by atoms with Crippen LogP contribution in [0.2, 0.25) is 0 Å². The van der Waals surface area contributed by atoms with Crippen molar-refractivity contribution in [2.75, 3.05) is 26.1 Å². The molecule has 4 rings (SSSR count). The number of rotatable bonds is 5. The zero-order valence-corrected chi connectivity index (χ0v) is 18.3. The first-order valence-corrected chi connectivity index (χ1v) is 10.4. The smallest absolute Gasteiger partial charge is 0.154 e. The molecule has 5 heteroatoms. The number of ether oxygens (including phenoxy) is 1. The Balaban J connectivity index is 1.78. The number of aryl methyl sites for hydroxylation is 1. The van der Waals surface area contributed by atoms with Crippen LogP contribution >= 0.6 is 0 Å². The number of ketones is 1. The molecule has 1 aliphatic heterocycles. The van der Waals surface area contributed by atoms with Gasteiger partial charge in [-0.15, -0.1) is 0 Å². The molecule has 1 heterocycles. The first-order chi connectivity index (χ1) is 14.4. The summed E-state index contributed by atoms with van der Waals surface area (Å²) in [7, 11) is 5.79. The van der Waals surface area contributed by atoms with E-state index in [0.29, 0.717) is 0 Å². The van der Waals surface area contributed by atoms with E-state index in [0.717, 1.165) is 30.0 Å². The first-order valence-electron chi connectivity index (χ1n) is 10.4. The lowest BCUT2D eigenvalue weighted by Crippen LogP contribution is -2.28. The Morgan fingerprint density at radius 1 is 1.17 bits per heavy atom. The number of anilines is 1. The number of carbonyl (C=O) groups is 1. The van der Waals surface area contributed by atoms with E-state index < -0.39 is 0 Å². The number of carbonyl (C=O) groups excluding carboxylic acids is 1. The number of fused-ring (bicyclic) bond motifs is 3. The van der Waals surface area contributed by atoms with Gasteiger partial charge in [-0.05, 0) is 68.1 Å². The molecule has 0 radical (unpaired) electrons. The SMILES string of the molecule is COc1ccc2c(c1)CCC1C2=NN(/C(C)=C/C(C)=O)C1c1ccc(N(C)C)cc1. The fraction of sp³-hybridized carbons (Fsp3) is 0.360. The van der Waals surface area contributed by atoms with Crippen molar-refractivity contribution in [3.8, 4) is 5.75 Å². The molecule has 0 N–H and O–H groups in total. The Bertz CT molecular complexity index is 1020. The number of allylic oxidation sites excluding steroid dienone is 2. The second-order valence-electron chi connectivity index (χ2n) is 8.33. The number of hydrogen-bond acceptors (Lipinski definition) is 5. The Hall–Kier alpha value is -3.08. The van der Waals surface area contributed by atoms with Gasteiger partial charge in [0.05, 0.1) is 18.9 Å². The van der Waals surface area contributed by atoms with Gasteiger partial charge in [0.2, 0.25) is 0 Å². The maximum atomic E-state index is 11.8. The van der Waals surface area contributed by atoms with Crippen molar-refractivity contribution in [2.45, 2.75) is 32.7 Å². The molecule has 2 aliphatic rings. The fourth-order valence-electron chi connectivity index (χ4n) is 4.59. The number of nitrogens with zero attached hydrogens (tertiary/aromatic N) is 3. The van der Waals surface area contributed by atoms with E-state index in [1.807, 2.05) is 32.1 Å². The summed E-state index contributed by atoms with van der Waals surface area (Å²) in [6.07, 6.45) is 3.69. The van der Waals surface area contributed by atoms with Crippen molar-refractivity contribution in [2.24, 2.45) is 11.0 Å². The molecule has 2 unspecified atom stereocenters. The third-order valence-electron chi connectivity index (χ3n) is 6.05. The van der Waals surface area contributed by atoms with Crippen LogP contribution in [0.3, 0.4) is 0 Å². The van der Waals surface area contributed by atoms with Crippen LogP contribution in [0.5, 0.6) is 5.75 Å². The second kappa shape index (κ2) is 7.98. The lowest BCUT2D eigenvalue weighted by molar-refractivity contribution is -0.112. The van der Waals surface area contributed by atoms with Gasteiger partial charge in [-0.3, -0.25) is 9.80 Å². The lowest BCUT2D eigenvalue weighted by Gasteiger charge is -2.31. The summed E-state index contributed by atoms with van der Waals surface area (Å²) in [6.45, 7) is 3.56. The van der Waals surface area contributed by atoms with E-state index in [2.05, 4.69) is 41.3 Å². The average Bonchev–Trinajstić information content (AvgIpc) is 3.13. The minimum absolute atomic E-state index is 0.0365. The van der Waals surface area contributed by atoms with Gasteiger partial charge in [0.15, 0.2) is 5.78 Å². The largest absolute Gasteiger partial charge is 0.497 e. The maximum Gasteiger partial charge on any atom is 0.154 e. The predicted molar refractivity (Wildman–Crippen MR) is 121 cm³/mol. The molecule has 5 nitrogen and oxygen atoms in total. The molecule has 0 aromatic heterocycles. The Labute approximate surface area is 178 Å². The van der Waals surface area contributed by atoms with E-state index in [1.165, 1.54) is 22.4 Å². The van der Waals surface area contributed by atoms with Crippen LogP contribution in [0.15, 0.2) is 59.3 Å². The molecule has 0 bridgehead atoms. The summed E-state index contributed by atoms with van der Waals surface area (Å²) in [4.78, 5) is 13.9. The fourth-order valence-corrected chi connectivity index (χ4v) is 4.59. The predicted octanol–water partition coefficient (Wildman–Crippen LogP) is 4.58. The third-order valence-corrected chi connectivity index (χ3v) is 6.05. The Kier molecular flexibility index (Phi) is 5.37. The highest BCUT2D eigenvalue weighted by atomic mass is 16.5. The maximum absolute atomic E-state index is 11.8. The standard InChI is InChI=1S/C25H29N3O2/c1-16(14-17(2)29)28-25(18-6-9-20(10-7-18)27(3)4)23-12-8-19-15-21(30-5)11-13-22(19)24(23)26-28/h6-7,9-11,13-15,23,25H,8,12H2,1-5H3/b16-14+. The second-order valence-corrected chi connectivity index (χ2v) is 8.33. The molecule has 0 amide bonds. The molecule has 0 spiro atoms. The van der Waals surface area contributed by atoms with Crippen LogP contribution in [-0.4, -0.2) is 37.7 Å². The average molecular weight is 404 g/mol. The van der Waals surface area contributed by atoms with Crippen molar-refractivity contribution in [1.29, 1.82) is 0 Å². The zero-order valence-electron chi connectivity index (χ0n) is 18.3. The van der Waals surface area contributed by atoms with Crippen molar-refractivity contribution in [1.82, 2.24) is 5.01 Å². The molecular formula is C25H29N3O2. The van der Waals surface area contributed by atoms with Crippen LogP contribution in [0.25, 0.3) is 0 Å². The van der Waals surface area contributed by atoms with E-state index >= 15 is 0 Å². The molecule has 0 saturated heterocycles. The monoisotopic (exact) mass is 403 g/mol. The first kappa shape index (κ1) is 20.2. The minimum atomic E-state index is 0.0365. The van der Waals surface area contributed by atoms with Gasteiger partial charge in [0.1, 0.15) is 5.75 Å². The molecule has 30 heavy (non-hydrogen) atoms. The molecule has 2 aromatic rings. The van der Waals surface area contributed by atoms with Crippen molar-refractivity contribution < 1.29 is 9.53 Å². The lowest BCUT2D eigenvalue weighted by atomic mass is 9.77. The quantitative estimate of drug-likeness (QED) is 0.686. The highest BCUT2D eigenvalue weighted by Crippen LogP contribution is 2.45. The molecule has 0 fully saturated rings. The highest BCUT2D eigenvalue weighted by molar-refractivity contribution is 6.06. The minimum Gasteiger partial charge on any atom is -0.497 e. The van der Waals surface area contributed by atoms with Gasteiger partial charge >= 0.3 is 0 Å². The van der Waals surface area contributed by atoms with Gasteiger partial charge in [-0.2, -0.15) is 5.10 Å². The van der Waals surface area contributed by atoms with Crippen molar-refractivity contribution >= 4 is 17.2 Å². The molecule has 1 aliphatic carbocycles. The summed E-state index contributed by atoms with van der Waals surface area (Å²) in [5.41, 5.74) is 6.85. The summed E-state index contributed by atoms with van der Waals surface area (Å²) < 4.78 is 5.41. The molecule has 2 atom stereocenters. The highest BCUT2D eigenvalue weighted by Gasteiger charge is 2.42. The van der Waals surface area contributed by atoms with Crippen LogP contribution in [0.1, 0.15) is 43.0 Å². The van der Waals surface area contributed by atoms with E-state index in [1.54, 1.807) is 20.1 Å². The summed E-state index contributed by atoms with van der Waals surface area (Å²) >= 11 is 0. The van der Waals surface area contributed by atoms with Gasteiger partial charge in [0.25, 0.3) is 0 Å². The van der Waals surface area contributed by atoms with Crippen molar-refractivity contribution in [3.05, 3.63) is 70.9 Å². The number of hydrazone groups is 1. The number of benzene rings is 2. The summed E-state index contributed by atoms with van der Waals surface area (Å²) in [6, 6.07) is 15.0. The number of methoxy groups -OCH3 is 1. The Morgan fingerprint density at radius 2 is 1.90 bits per heavy atom. The van der Waals surface area contributed by atoms with Crippen LogP contribution in [0.4, 0.5) is 5.69 Å². The normalized spacial score (nSPS) is 20.4. The molecule has 0 saturated carbocycles. The topological polar surface area (TPSA) is 45.1 Å². The van der Waals surface area contributed by atoms with Crippen LogP contribution in [0, 0.1) is 5.92 Å². The van der Waals surface area contributed by atoms with E-state index in [4.69, 9.17) is 9.84 Å². The molecule has 156 valence electrons. The van der Waals surface area contributed by atoms with E-state index in [9.17, 15) is 4.79 Å². The van der Waals surface area contributed by atoms with Gasteiger partial charge in [0, 0.05) is 43.0 Å². The Morgan fingerprint density at radius 3 is 2.53 bits per heavy atom. The van der Waals surface area contributed by atoms with Gasteiger partial charge in [-0.25, -0.2) is 0 Å². The van der Waals surface area contributed by atoms with Gasteiger partial charge in [-0.1, -0.05) is 12.1 Å². The summed E-state index contributed by atoms with van der Waals surface area (Å²) in [5, 5.41) is 7.10. The zero-order chi connectivity index (χ0) is 21.4. The molecular weight excluding hydrogens is 374 g/mol. The summed E-state index contributed by atoms with van der Waals surface area (Å²) in [5.74, 6) is 1.20. The van der Waals surface area contributed by atoms with E-state index in [-0.39, 0.29) is 17.7 Å². The third kappa shape index (κ3) is 3.60. The van der Waals surface area contributed by atoms with Gasteiger partial charge < -0.3 is 9.64 Å². The number of hydrogen-bond donors (Lipinski definition) is 0. The van der Waals surface area contributed by atoms with Crippen LogP contribution in [-0.2, 0) is 11.2 Å².